The Kier molecular flexibility index (Phi) is 4.73. The van der Waals surface area contributed by atoms with Crippen molar-refractivity contribution < 1.29 is 22.5 Å². The minimum Gasteiger partial charge on any atom is -0.361 e. The van der Waals surface area contributed by atoms with Crippen LogP contribution < -0.4 is 0 Å². The summed E-state index contributed by atoms with van der Waals surface area (Å²) < 4.78 is 44.3. The number of alkyl halides is 3. The highest BCUT2D eigenvalue weighted by Crippen LogP contribution is 2.28. The lowest BCUT2D eigenvalue weighted by Crippen LogP contribution is -2.26. The van der Waals surface area contributed by atoms with Crippen molar-refractivity contribution in [3.63, 3.8) is 0 Å². The van der Waals surface area contributed by atoms with Gasteiger partial charge in [0.25, 0.3) is 5.91 Å². The van der Waals surface area contributed by atoms with Crippen molar-refractivity contribution in [2.75, 3.05) is 7.05 Å². The number of aryl methyl sites for hydroxylation is 1. The minimum atomic E-state index is -4.46. The topological polar surface area (TPSA) is 77.1 Å². The Balaban J connectivity index is 1.81. The van der Waals surface area contributed by atoms with E-state index in [1.807, 2.05) is 0 Å². The van der Waals surface area contributed by atoms with Crippen LogP contribution >= 0.6 is 0 Å². The van der Waals surface area contributed by atoms with E-state index in [4.69, 9.17) is 4.52 Å². The third kappa shape index (κ3) is 3.83. The van der Waals surface area contributed by atoms with Gasteiger partial charge in [-0.25, -0.2) is 9.67 Å². The molecule has 0 N–H and O–H groups in total. The average molecular weight is 379 g/mol. The van der Waals surface area contributed by atoms with Gasteiger partial charge in [-0.05, 0) is 26.0 Å². The standard InChI is InChI=1S/C17H16F3N5O2/c1-10-6-13(23-27-10)9-24(3)16(26)14-8-22-25(11(14)2)15-5-4-12(7-21-15)17(18,19)20/h4-8H,9H2,1-3H3. The van der Waals surface area contributed by atoms with Gasteiger partial charge in [0.05, 0.1) is 29.6 Å². The molecule has 0 aliphatic heterocycles. The molecule has 0 bridgehead atoms. The molecule has 3 aromatic heterocycles. The van der Waals surface area contributed by atoms with Gasteiger partial charge in [0.2, 0.25) is 0 Å². The Bertz CT molecular complexity index is 960. The molecule has 3 rings (SSSR count). The smallest absolute Gasteiger partial charge is 0.361 e. The van der Waals surface area contributed by atoms with Gasteiger partial charge in [0, 0.05) is 19.3 Å². The van der Waals surface area contributed by atoms with E-state index in [2.05, 4.69) is 15.2 Å². The highest BCUT2D eigenvalue weighted by molar-refractivity contribution is 5.95. The van der Waals surface area contributed by atoms with Crippen LogP contribution in [0.3, 0.4) is 0 Å². The van der Waals surface area contributed by atoms with E-state index in [0.29, 0.717) is 22.7 Å². The molecule has 0 aromatic carbocycles. The Hall–Kier alpha value is -3.17. The molecule has 0 atom stereocenters. The summed E-state index contributed by atoms with van der Waals surface area (Å²) in [5.74, 6) is 0.531. The Labute approximate surface area is 152 Å². The van der Waals surface area contributed by atoms with Gasteiger partial charge in [0.1, 0.15) is 11.5 Å². The quantitative estimate of drug-likeness (QED) is 0.696. The number of carbonyl (C=O) groups excluding carboxylic acids is 1. The number of amides is 1. The number of pyridine rings is 1. The van der Waals surface area contributed by atoms with Crippen LogP contribution in [-0.2, 0) is 12.7 Å². The van der Waals surface area contributed by atoms with Crippen molar-refractivity contribution in [1.29, 1.82) is 0 Å². The molecule has 0 spiro atoms. The molecule has 0 unspecified atom stereocenters. The molecule has 3 heterocycles. The highest BCUT2D eigenvalue weighted by Gasteiger charge is 2.31. The predicted molar refractivity (Wildman–Crippen MR) is 88.1 cm³/mol. The molecule has 0 saturated carbocycles. The van der Waals surface area contributed by atoms with Crippen molar-refractivity contribution in [1.82, 2.24) is 24.8 Å². The van der Waals surface area contributed by atoms with E-state index in [1.165, 1.54) is 21.8 Å². The summed E-state index contributed by atoms with van der Waals surface area (Å²) in [6, 6.07) is 3.86. The SMILES string of the molecule is Cc1cc(CN(C)C(=O)c2cnn(-c3ccc(C(F)(F)F)cn3)c2C)no1. The molecular formula is C17H16F3N5O2. The number of hydrogen-bond acceptors (Lipinski definition) is 5. The summed E-state index contributed by atoms with van der Waals surface area (Å²) in [5.41, 5.74) is 0.544. The van der Waals surface area contributed by atoms with E-state index in [0.717, 1.165) is 12.3 Å². The van der Waals surface area contributed by atoms with Crippen LogP contribution in [0, 0.1) is 13.8 Å². The van der Waals surface area contributed by atoms with Gasteiger partial charge in [-0.2, -0.15) is 18.3 Å². The highest BCUT2D eigenvalue weighted by atomic mass is 19.4. The van der Waals surface area contributed by atoms with Crippen molar-refractivity contribution in [3.05, 3.63) is 58.9 Å². The predicted octanol–water partition coefficient (Wildman–Crippen LogP) is 3.16. The zero-order chi connectivity index (χ0) is 19.8. The molecule has 0 aliphatic carbocycles. The molecule has 7 nitrogen and oxygen atoms in total. The molecule has 27 heavy (non-hydrogen) atoms. The third-order valence-corrected chi connectivity index (χ3v) is 3.96. The maximum Gasteiger partial charge on any atom is 0.417 e. The van der Waals surface area contributed by atoms with Gasteiger partial charge >= 0.3 is 6.18 Å². The van der Waals surface area contributed by atoms with Crippen LogP contribution in [0.25, 0.3) is 5.82 Å². The van der Waals surface area contributed by atoms with Crippen molar-refractivity contribution in [2.24, 2.45) is 0 Å². The van der Waals surface area contributed by atoms with E-state index in [1.54, 1.807) is 27.0 Å². The average Bonchev–Trinajstić information content (AvgIpc) is 3.19. The summed E-state index contributed by atoms with van der Waals surface area (Å²) in [5, 5.41) is 7.93. The molecule has 1 amide bonds. The first kappa shape index (κ1) is 18.6. The first-order valence-electron chi connectivity index (χ1n) is 7.92. The monoisotopic (exact) mass is 379 g/mol. The van der Waals surface area contributed by atoms with Crippen molar-refractivity contribution >= 4 is 5.91 Å². The second kappa shape index (κ2) is 6.86. The Morgan fingerprint density at radius 3 is 2.56 bits per heavy atom. The second-order valence-corrected chi connectivity index (χ2v) is 6.05. The van der Waals surface area contributed by atoms with E-state index in [-0.39, 0.29) is 18.3 Å². The second-order valence-electron chi connectivity index (χ2n) is 6.05. The normalized spacial score (nSPS) is 11.6. The molecule has 142 valence electrons. The fraction of sp³-hybridized carbons (Fsp3) is 0.294. The molecule has 0 saturated heterocycles. The zero-order valence-electron chi connectivity index (χ0n) is 14.8. The first-order chi connectivity index (χ1) is 12.7. The number of aromatic nitrogens is 4. The molecule has 0 radical (unpaired) electrons. The number of nitrogens with zero attached hydrogens (tertiary/aromatic N) is 5. The maximum atomic E-state index is 12.7. The van der Waals surface area contributed by atoms with Crippen LogP contribution in [0.2, 0.25) is 0 Å². The molecule has 0 fully saturated rings. The van der Waals surface area contributed by atoms with Crippen LogP contribution in [0.4, 0.5) is 13.2 Å². The molecule has 10 heteroatoms. The van der Waals surface area contributed by atoms with Crippen LogP contribution in [0.15, 0.2) is 35.1 Å². The lowest BCUT2D eigenvalue weighted by molar-refractivity contribution is -0.137. The number of carbonyl (C=O) groups is 1. The van der Waals surface area contributed by atoms with E-state index in [9.17, 15) is 18.0 Å². The van der Waals surface area contributed by atoms with Crippen LogP contribution in [0.1, 0.15) is 33.1 Å². The lowest BCUT2D eigenvalue weighted by atomic mass is 10.2. The zero-order valence-corrected chi connectivity index (χ0v) is 14.8. The van der Waals surface area contributed by atoms with Gasteiger partial charge in [0.15, 0.2) is 5.82 Å². The summed E-state index contributed by atoms with van der Waals surface area (Å²) in [4.78, 5) is 17.9. The van der Waals surface area contributed by atoms with Crippen LogP contribution in [-0.4, -0.2) is 37.8 Å². The van der Waals surface area contributed by atoms with Crippen LogP contribution in [0.5, 0.6) is 0 Å². The number of rotatable bonds is 4. The number of halogens is 3. The summed E-state index contributed by atoms with van der Waals surface area (Å²) in [6.45, 7) is 3.65. The Morgan fingerprint density at radius 2 is 2.00 bits per heavy atom. The molecule has 0 aliphatic rings. The largest absolute Gasteiger partial charge is 0.417 e. The molecule has 3 aromatic rings. The minimum absolute atomic E-state index is 0.189. The van der Waals surface area contributed by atoms with Gasteiger partial charge < -0.3 is 9.42 Å². The fourth-order valence-corrected chi connectivity index (χ4v) is 2.54. The van der Waals surface area contributed by atoms with Gasteiger partial charge in [-0.1, -0.05) is 5.16 Å². The van der Waals surface area contributed by atoms with Gasteiger partial charge in [-0.15, -0.1) is 0 Å². The lowest BCUT2D eigenvalue weighted by Gasteiger charge is -2.15. The third-order valence-electron chi connectivity index (χ3n) is 3.96. The van der Waals surface area contributed by atoms with Gasteiger partial charge in [-0.3, -0.25) is 4.79 Å². The van der Waals surface area contributed by atoms with Crippen molar-refractivity contribution in [3.8, 4) is 5.82 Å². The van der Waals surface area contributed by atoms with E-state index < -0.39 is 11.7 Å². The maximum absolute atomic E-state index is 12.7. The Morgan fingerprint density at radius 1 is 1.26 bits per heavy atom. The summed E-state index contributed by atoms with van der Waals surface area (Å²) in [6.07, 6.45) is -2.37. The van der Waals surface area contributed by atoms with E-state index >= 15 is 0 Å². The fourth-order valence-electron chi connectivity index (χ4n) is 2.54. The summed E-state index contributed by atoms with van der Waals surface area (Å²) >= 11 is 0. The number of hydrogen-bond donors (Lipinski definition) is 0. The molecular weight excluding hydrogens is 363 g/mol. The first-order valence-corrected chi connectivity index (χ1v) is 7.92. The van der Waals surface area contributed by atoms with Crippen molar-refractivity contribution in [2.45, 2.75) is 26.6 Å². The summed E-state index contributed by atoms with van der Waals surface area (Å²) in [7, 11) is 1.61.